The van der Waals surface area contributed by atoms with Gasteiger partial charge in [-0.05, 0) is 63.4 Å². The number of anilines is 1. The van der Waals surface area contributed by atoms with Gasteiger partial charge >= 0.3 is 5.97 Å². The van der Waals surface area contributed by atoms with Gasteiger partial charge in [-0.15, -0.1) is 0 Å². The predicted octanol–water partition coefficient (Wildman–Crippen LogP) is 4.05. The summed E-state index contributed by atoms with van der Waals surface area (Å²) in [6.07, 6.45) is 3.16. The standard InChI is InChI=1S/C13H15Br2NO2/c1-3-18-12(17)5-4-6-16-13-10(14)7-9(2)8-11(13)15/h4-5,7-8,16H,3,6H2,1-2H3/b5-4+. The molecule has 18 heavy (non-hydrogen) atoms. The average molecular weight is 377 g/mol. The van der Waals surface area contributed by atoms with Crippen LogP contribution in [0.1, 0.15) is 12.5 Å². The number of halogens is 2. The molecule has 0 aliphatic carbocycles. The molecule has 0 saturated heterocycles. The van der Waals surface area contributed by atoms with E-state index in [1.165, 1.54) is 11.6 Å². The Hall–Kier alpha value is -0.810. The molecular weight excluding hydrogens is 362 g/mol. The Kier molecular flexibility index (Phi) is 6.43. The van der Waals surface area contributed by atoms with Gasteiger partial charge in [0.25, 0.3) is 0 Å². The molecule has 0 atom stereocenters. The zero-order valence-electron chi connectivity index (χ0n) is 10.3. The number of benzene rings is 1. The monoisotopic (exact) mass is 375 g/mol. The minimum Gasteiger partial charge on any atom is -0.463 e. The normalized spacial score (nSPS) is 10.7. The van der Waals surface area contributed by atoms with E-state index in [9.17, 15) is 4.79 Å². The zero-order valence-corrected chi connectivity index (χ0v) is 13.5. The topological polar surface area (TPSA) is 38.3 Å². The number of nitrogens with one attached hydrogen (secondary N) is 1. The quantitative estimate of drug-likeness (QED) is 0.622. The van der Waals surface area contributed by atoms with Crippen LogP contribution in [0.15, 0.2) is 33.2 Å². The Morgan fingerprint density at radius 3 is 2.56 bits per heavy atom. The second-order valence-electron chi connectivity index (χ2n) is 3.64. The summed E-state index contributed by atoms with van der Waals surface area (Å²) in [5.41, 5.74) is 2.13. The largest absolute Gasteiger partial charge is 0.463 e. The molecule has 0 spiro atoms. The highest BCUT2D eigenvalue weighted by molar-refractivity contribution is 9.11. The molecule has 98 valence electrons. The maximum atomic E-state index is 11.1. The molecule has 0 aromatic heterocycles. The third kappa shape index (κ3) is 4.82. The van der Waals surface area contributed by atoms with Crippen LogP contribution in [0.3, 0.4) is 0 Å². The van der Waals surface area contributed by atoms with Gasteiger partial charge in [-0.2, -0.15) is 0 Å². The predicted molar refractivity (Wildman–Crippen MR) is 80.8 cm³/mol. The van der Waals surface area contributed by atoms with E-state index < -0.39 is 0 Å². The van der Waals surface area contributed by atoms with Crippen molar-refractivity contribution in [2.24, 2.45) is 0 Å². The molecule has 1 N–H and O–H groups in total. The van der Waals surface area contributed by atoms with Gasteiger partial charge in [-0.3, -0.25) is 0 Å². The summed E-state index contributed by atoms with van der Waals surface area (Å²) in [6.45, 7) is 4.76. The van der Waals surface area contributed by atoms with Crippen LogP contribution in [-0.2, 0) is 9.53 Å². The summed E-state index contributed by atoms with van der Waals surface area (Å²) in [5.74, 6) is -0.318. The highest BCUT2D eigenvalue weighted by Crippen LogP contribution is 2.32. The highest BCUT2D eigenvalue weighted by Gasteiger charge is 2.04. The third-order valence-electron chi connectivity index (χ3n) is 2.12. The number of carbonyl (C=O) groups is 1. The lowest BCUT2D eigenvalue weighted by Crippen LogP contribution is -2.03. The third-order valence-corrected chi connectivity index (χ3v) is 3.37. The summed E-state index contributed by atoms with van der Waals surface area (Å²) >= 11 is 6.99. The Morgan fingerprint density at radius 1 is 1.39 bits per heavy atom. The van der Waals surface area contributed by atoms with E-state index in [4.69, 9.17) is 4.74 Å². The van der Waals surface area contributed by atoms with Crippen LogP contribution >= 0.6 is 31.9 Å². The van der Waals surface area contributed by atoms with Crippen LogP contribution in [0, 0.1) is 6.92 Å². The van der Waals surface area contributed by atoms with Gasteiger partial charge in [0.2, 0.25) is 0 Å². The molecule has 0 amide bonds. The Bertz CT molecular complexity index is 435. The number of hydrogen-bond acceptors (Lipinski definition) is 3. The fourth-order valence-corrected chi connectivity index (χ4v) is 3.07. The minimum absolute atomic E-state index is 0.318. The van der Waals surface area contributed by atoms with Crippen molar-refractivity contribution < 1.29 is 9.53 Å². The van der Waals surface area contributed by atoms with Crippen molar-refractivity contribution in [3.05, 3.63) is 38.8 Å². The van der Waals surface area contributed by atoms with Gasteiger partial charge in [-0.25, -0.2) is 4.79 Å². The molecule has 0 aliphatic heterocycles. The first-order valence-corrected chi connectivity index (χ1v) is 7.16. The number of hydrogen-bond donors (Lipinski definition) is 1. The molecule has 0 heterocycles. The van der Waals surface area contributed by atoms with Gasteiger partial charge in [0, 0.05) is 21.6 Å². The molecule has 3 nitrogen and oxygen atoms in total. The van der Waals surface area contributed by atoms with E-state index in [0.29, 0.717) is 13.2 Å². The van der Waals surface area contributed by atoms with E-state index >= 15 is 0 Å². The van der Waals surface area contributed by atoms with Gasteiger partial charge in [0.15, 0.2) is 0 Å². The molecule has 0 saturated carbocycles. The van der Waals surface area contributed by atoms with E-state index in [2.05, 4.69) is 37.2 Å². The number of carbonyl (C=O) groups excluding carboxylic acids is 1. The van der Waals surface area contributed by atoms with Crippen molar-refractivity contribution in [1.82, 2.24) is 0 Å². The summed E-state index contributed by atoms with van der Waals surface area (Å²) in [5, 5.41) is 3.22. The van der Waals surface area contributed by atoms with E-state index in [0.717, 1.165) is 14.6 Å². The molecule has 0 aliphatic rings. The van der Waals surface area contributed by atoms with Crippen molar-refractivity contribution in [2.75, 3.05) is 18.5 Å². The van der Waals surface area contributed by atoms with Crippen molar-refractivity contribution in [3.8, 4) is 0 Å². The fraction of sp³-hybridized carbons (Fsp3) is 0.308. The first-order valence-electron chi connectivity index (χ1n) is 5.57. The molecule has 0 bridgehead atoms. The van der Waals surface area contributed by atoms with Gasteiger partial charge in [0.05, 0.1) is 12.3 Å². The highest BCUT2D eigenvalue weighted by atomic mass is 79.9. The number of ether oxygens (including phenoxy) is 1. The van der Waals surface area contributed by atoms with Crippen LogP contribution in [0.4, 0.5) is 5.69 Å². The van der Waals surface area contributed by atoms with E-state index in [1.54, 1.807) is 13.0 Å². The summed E-state index contributed by atoms with van der Waals surface area (Å²) in [7, 11) is 0. The molecule has 0 unspecified atom stereocenters. The first-order chi connectivity index (χ1) is 8.54. The van der Waals surface area contributed by atoms with Crippen molar-refractivity contribution in [2.45, 2.75) is 13.8 Å². The molecule has 0 fully saturated rings. The second kappa shape index (κ2) is 7.59. The van der Waals surface area contributed by atoms with Crippen LogP contribution in [0.2, 0.25) is 0 Å². The van der Waals surface area contributed by atoms with Gasteiger partial charge in [-0.1, -0.05) is 6.08 Å². The van der Waals surface area contributed by atoms with Crippen LogP contribution < -0.4 is 5.32 Å². The fourth-order valence-electron chi connectivity index (χ4n) is 1.38. The van der Waals surface area contributed by atoms with Gasteiger partial charge < -0.3 is 10.1 Å². The van der Waals surface area contributed by atoms with E-state index in [-0.39, 0.29) is 5.97 Å². The van der Waals surface area contributed by atoms with Crippen LogP contribution in [0.5, 0.6) is 0 Å². The number of aryl methyl sites for hydroxylation is 1. The molecule has 1 aromatic carbocycles. The lowest BCUT2D eigenvalue weighted by molar-refractivity contribution is -0.137. The van der Waals surface area contributed by atoms with E-state index in [1.807, 2.05) is 19.1 Å². The molecule has 1 aromatic rings. The lowest BCUT2D eigenvalue weighted by Gasteiger charge is -2.10. The average Bonchev–Trinajstić information content (AvgIpc) is 2.27. The second-order valence-corrected chi connectivity index (χ2v) is 5.35. The zero-order chi connectivity index (χ0) is 13.5. The number of rotatable bonds is 5. The van der Waals surface area contributed by atoms with Crippen LogP contribution in [-0.4, -0.2) is 19.1 Å². The SMILES string of the molecule is CCOC(=O)/C=C/CNc1c(Br)cc(C)cc1Br. The Labute approximate surface area is 124 Å². The maximum Gasteiger partial charge on any atom is 0.330 e. The Balaban J connectivity index is 2.57. The summed E-state index contributed by atoms with van der Waals surface area (Å²) < 4.78 is 6.76. The van der Waals surface area contributed by atoms with Crippen molar-refractivity contribution in [3.63, 3.8) is 0 Å². The Morgan fingerprint density at radius 2 is 2.00 bits per heavy atom. The lowest BCUT2D eigenvalue weighted by atomic mass is 10.2. The number of esters is 1. The first kappa shape index (κ1) is 15.2. The summed E-state index contributed by atoms with van der Waals surface area (Å²) in [4.78, 5) is 11.1. The molecule has 0 radical (unpaired) electrons. The van der Waals surface area contributed by atoms with Crippen LogP contribution in [0.25, 0.3) is 0 Å². The van der Waals surface area contributed by atoms with Crippen molar-refractivity contribution >= 4 is 43.5 Å². The maximum absolute atomic E-state index is 11.1. The molecule has 1 rings (SSSR count). The summed E-state index contributed by atoms with van der Waals surface area (Å²) in [6, 6.07) is 4.06. The smallest absolute Gasteiger partial charge is 0.330 e. The molecule has 5 heteroatoms. The van der Waals surface area contributed by atoms with Gasteiger partial charge in [0.1, 0.15) is 0 Å². The minimum atomic E-state index is -0.318. The van der Waals surface area contributed by atoms with Crippen molar-refractivity contribution in [1.29, 1.82) is 0 Å². The molecular formula is C13H15Br2NO2.